The Morgan fingerprint density at radius 2 is 1.55 bits per heavy atom. The average Bonchev–Trinajstić information content (AvgIpc) is 3.17. The number of aromatic amines is 1. The van der Waals surface area contributed by atoms with Crippen molar-refractivity contribution >= 4 is 34.6 Å². The maximum atomic E-state index is 12.8. The van der Waals surface area contributed by atoms with Crippen molar-refractivity contribution in [3.8, 4) is 0 Å². The third-order valence-corrected chi connectivity index (χ3v) is 4.55. The second-order valence-corrected chi connectivity index (χ2v) is 6.71. The molecule has 31 heavy (non-hydrogen) atoms. The van der Waals surface area contributed by atoms with Crippen LogP contribution in [0.5, 0.6) is 0 Å². The minimum absolute atomic E-state index is 0.0652. The molecule has 0 spiro atoms. The molecule has 0 radical (unpaired) electrons. The van der Waals surface area contributed by atoms with E-state index < -0.39 is 55.0 Å². The number of carbonyl (C=O) groups excluding carboxylic acids is 3. The molecule has 0 aliphatic rings. The fourth-order valence-corrected chi connectivity index (χ4v) is 2.91. The normalized spacial score (nSPS) is 13.8. The number of aliphatic hydroxyl groups is 2. The standard InChI is InChI=1S/C19H25N5O7/c20-6-16(27)22-13(5-10-7-21-12-4-2-1-3-11(10)12)17(28)23-14(8-25)18(29)24-15(9-26)19(30)31/h1-4,7,13-15,21,25-26H,5-6,8-9,20H2,(H,22,27)(H,23,28)(H,24,29)(H,30,31). The van der Waals surface area contributed by atoms with E-state index in [4.69, 9.17) is 15.9 Å². The summed E-state index contributed by atoms with van der Waals surface area (Å²) in [4.78, 5) is 50.8. The minimum atomic E-state index is -1.60. The summed E-state index contributed by atoms with van der Waals surface area (Å²) in [5, 5.41) is 35.0. The summed E-state index contributed by atoms with van der Waals surface area (Å²) in [6.45, 7) is -2.07. The van der Waals surface area contributed by atoms with Crippen LogP contribution in [0.1, 0.15) is 5.56 Å². The molecule has 9 N–H and O–H groups in total. The Balaban J connectivity index is 2.16. The molecular formula is C19H25N5O7. The predicted octanol–water partition coefficient (Wildman–Crippen LogP) is -2.81. The molecule has 0 fully saturated rings. The van der Waals surface area contributed by atoms with Gasteiger partial charge in [-0.25, -0.2) is 4.79 Å². The number of H-pyrrole nitrogens is 1. The zero-order valence-electron chi connectivity index (χ0n) is 16.5. The molecule has 0 aliphatic carbocycles. The topological polar surface area (TPSA) is 207 Å². The number of benzene rings is 1. The van der Waals surface area contributed by atoms with Gasteiger partial charge >= 0.3 is 5.97 Å². The fraction of sp³-hybridized carbons (Fsp3) is 0.368. The van der Waals surface area contributed by atoms with Crippen molar-refractivity contribution in [3.63, 3.8) is 0 Å². The number of para-hydroxylation sites is 1. The Morgan fingerprint density at radius 3 is 2.16 bits per heavy atom. The molecular weight excluding hydrogens is 410 g/mol. The summed E-state index contributed by atoms with van der Waals surface area (Å²) in [5.41, 5.74) is 6.88. The van der Waals surface area contributed by atoms with Crippen molar-refractivity contribution in [1.29, 1.82) is 0 Å². The lowest BCUT2D eigenvalue weighted by atomic mass is 10.0. The second kappa shape index (κ2) is 11.1. The maximum absolute atomic E-state index is 12.8. The van der Waals surface area contributed by atoms with Crippen LogP contribution >= 0.6 is 0 Å². The highest BCUT2D eigenvalue weighted by atomic mass is 16.4. The van der Waals surface area contributed by atoms with E-state index in [0.29, 0.717) is 0 Å². The largest absolute Gasteiger partial charge is 0.480 e. The van der Waals surface area contributed by atoms with Gasteiger partial charge in [-0.1, -0.05) is 18.2 Å². The van der Waals surface area contributed by atoms with Gasteiger partial charge in [-0.2, -0.15) is 0 Å². The molecule has 3 unspecified atom stereocenters. The van der Waals surface area contributed by atoms with Crippen molar-refractivity contribution in [1.82, 2.24) is 20.9 Å². The lowest BCUT2D eigenvalue weighted by Gasteiger charge is -2.23. The van der Waals surface area contributed by atoms with E-state index >= 15 is 0 Å². The van der Waals surface area contributed by atoms with Crippen LogP contribution in [0.15, 0.2) is 30.5 Å². The van der Waals surface area contributed by atoms with Gasteiger partial charge in [0.2, 0.25) is 17.7 Å². The smallest absolute Gasteiger partial charge is 0.328 e. The Morgan fingerprint density at radius 1 is 0.935 bits per heavy atom. The second-order valence-electron chi connectivity index (χ2n) is 6.71. The van der Waals surface area contributed by atoms with Crippen LogP contribution in [-0.2, 0) is 25.6 Å². The van der Waals surface area contributed by atoms with Crippen LogP contribution in [-0.4, -0.2) is 81.9 Å². The number of carbonyl (C=O) groups is 4. The molecule has 168 valence electrons. The number of nitrogens with one attached hydrogen (secondary N) is 4. The number of carboxylic acid groups (broad SMARTS) is 1. The molecule has 0 bridgehead atoms. The van der Waals surface area contributed by atoms with E-state index in [1.807, 2.05) is 29.6 Å². The molecule has 0 saturated heterocycles. The lowest BCUT2D eigenvalue weighted by molar-refractivity contribution is -0.143. The summed E-state index contributed by atoms with van der Waals surface area (Å²) >= 11 is 0. The highest BCUT2D eigenvalue weighted by Gasteiger charge is 2.29. The van der Waals surface area contributed by atoms with Gasteiger partial charge in [0, 0.05) is 23.5 Å². The Kier molecular flexibility index (Phi) is 8.49. The van der Waals surface area contributed by atoms with Gasteiger partial charge in [0.25, 0.3) is 0 Å². The van der Waals surface area contributed by atoms with Gasteiger partial charge in [-0.05, 0) is 11.6 Å². The third-order valence-electron chi connectivity index (χ3n) is 4.55. The number of aliphatic hydroxyl groups excluding tert-OH is 2. The predicted molar refractivity (Wildman–Crippen MR) is 109 cm³/mol. The highest BCUT2D eigenvalue weighted by molar-refractivity contribution is 5.94. The number of hydrogen-bond donors (Lipinski definition) is 8. The number of fused-ring (bicyclic) bond motifs is 1. The van der Waals surface area contributed by atoms with Crippen LogP contribution in [0.4, 0.5) is 0 Å². The molecule has 1 heterocycles. The van der Waals surface area contributed by atoms with Crippen LogP contribution in [0.2, 0.25) is 0 Å². The molecule has 12 nitrogen and oxygen atoms in total. The first-order chi connectivity index (χ1) is 14.8. The minimum Gasteiger partial charge on any atom is -0.480 e. The van der Waals surface area contributed by atoms with E-state index in [1.165, 1.54) is 0 Å². The Hall–Kier alpha value is -3.48. The van der Waals surface area contributed by atoms with Crippen molar-refractivity contribution in [2.75, 3.05) is 19.8 Å². The van der Waals surface area contributed by atoms with Crippen molar-refractivity contribution in [2.24, 2.45) is 5.73 Å². The third kappa shape index (κ3) is 6.25. The molecule has 1 aromatic carbocycles. The molecule has 0 saturated carbocycles. The Labute approximate surface area is 176 Å². The molecule has 2 rings (SSSR count). The van der Waals surface area contributed by atoms with Gasteiger partial charge in [-0.3, -0.25) is 14.4 Å². The monoisotopic (exact) mass is 435 g/mol. The van der Waals surface area contributed by atoms with E-state index in [1.54, 1.807) is 6.20 Å². The summed E-state index contributed by atoms with van der Waals surface area (Å²) in [6, 6.07) is 3.12. The summed E-state index contributed by atoms with van der Waals surface area (Å²) in [5.74, 6) is -3.87. The number of carboxylic acids is 1. The quantitative estimate of drug-likeness (QED) is 0.184. The van der Waals surface area contributed by atoms with E-state index in [9.17, 15) is 24.3 Å². The summed E-state index contributed by atoms with van der Waals surface area (Å²) in [7, 11) is 0. The number of aromatic nitrogens is 1. The molecule has 12 heteroatoms. The van der Waals surface area contributed by atoms with Gasteiger partial charge in [0.15, 0.2) is 0 Å². The molecule has 3 amide bonds. The highest BCUT2D eigenvalue weighted by Crippen LogP contribution is 2.19. The van der Waals surface area contributed by atoms with Gasteiger partial charge in [0.05, 0.1) is 19.8 Å². The fourth-order valence-electron chi connectivity index (χ4n) is 2.91. The SMILES string of the molecule is NCC(=O)NC(Cc1c[nH]c2ccccc12)C(=O)NC(CO)C(=O)NC(CO)C(=O)O. The number of amides is 3. The molecule has 2 aromatic rings. The first kappa shape index (κ1) is 23.8. The molecule has 3 atom stereocenters. The van der Waals surface area contributed by atoms with Gasteiger partial charge < -0.3 is 42.0 Å². The summed E-state index contributed by atoms with van der Waals surface area (Å²) < 4.78 is 0. The van der Waals surface area contributed by atoms with E-state index in [0.717, 1.165) is 16.5 Å². The Bertz CT molecular complexity index is 945. The first-order valence-corrected chi connectivity index (χ1v) is 9.40. The van der Waals surface area contributed by atoms with Crippen molar-refractivity contribution in [2.45, 2.75) is 24.5 Å². The van der Waals surface area contributed by atoms with E-state index in [-0.39, 0.29) is 13.0 Å². The van der Waals surface area contributed by atoms with Crippen molar-refractivity contribution in [3.05, 3.63) is 36.0 Å². The van der Waals surface area contributed by atoms with E-state index in [2.05, 4.69) is 15.6 Å². The molecule has 0 aliphatic heterocycles. The number of aliphatic carboxylic acids is 1. The molecule has 1 aromatic heterocycles. The zero-order valence-corrected chi connectivity index (χ0v) is 16.5. The van der Waals surface area contributed by atoms with Gasteiger partial charge in [0.1, 0.15) is 18.1 Å². The number of nitrogens with two attached hydrogens (primary N) is 1. The van der Waals surface area contributed by atoms with Crippen LogP contribution in [0, 0.1) is 0 Å². The summed E-state index contributed by atoms with van der Waals surface area (Å²) in [6.07, 6.45) is 1.75. The van der Waals surface area contributed by atoms with Crippen LogP contribution in [0.25, 0.3) is 10.9 Å². The maximum Gasteiger partial charge on any atom is 0.328 e. The van der Waals surface area contributed by atoms with Gasteiger partial charge in [-0.15, -0.1) is 0 Å². The number of hydrogen-bond acceptors (Lipinski definition) is 7. The van der Waals surface area contributed by atoms with Crippen LogP contribution < -0.4 is 21.7 Å². The first-order valence-electron chi connectivity index (χ1n) is 9.40. The van der Waals surface area contributed by atoms with Crippen LogP contribution in [0.3, 0.4) is 0 Å². The number of rotatable bonds is 11. The lowest BCUT2D eigenvalue weighted by Crippen LogP contribution is -2.58. The zero-order chi connectivity index (χ0) is 23.0. The van der Waals surface area contributed by atoms with Crippen molar-refractivity contribution < 1.29 is 34.5 Å². The average molecular weight is 435 g/mol.